The zero-order valence-corrected chi connectivity index (χ0v) is 21.6. The molecule has 3 N–H and O–H groups in total. The fraction of sp³-hybridized carbons (Fsp3) is 0.417. The predicted molar refractivity (Wildman–Crippen MR) is 142 cm³/mol. The van der Waals surface area contributed by atoms with Crippen LogP contribution in [0.25, 0.3) is 0 Å². The van der Waals surface area contributed by atoms with Crippen LogP contribution in [0.15, 0.2) is 53.5 Å². The highest BCUT2D eigenvalue weighted by atomic mass is 127. The summed E-state index contributed by atoms with van der Waals surface area (Å²) < 4.78 is 5.50. The van der Waals surface area contributed by atoms with E-state index >= 15 is 0 Å². The van der Waals surface area contributed by atoms with Gasteiger partial charge in [-0.15, -0.1) is 24.0 Å². The summed E-state index contributed by atoms with van der Waals surface area (Å²) in [6, 6.07) is 16.3. The highest BCUT2D eigenvalue weighted by Crippen LogP contribution is 2.30. The first-order valence-electron chi connectivity index (χ1n) is 10.7. The fourth-order valence-corrected chi connectivity index (χ4v) is 3.55. The van der Waals surface area contributed by atoms with Crippen molar-refractivity contribution in [2.45, 2.75) is 32.9 Å². The van der Waals surface area contributed by atoms with E-state index in [0.29, 0.717) is 12.6 Å². The van der Waals surface area contributed by atoms with Crippen molar-refractivity contribution >= 4 is 47.2 Å². The van der Waals surface area contributed by atoms with Gasteiger partial charge in [0.2, 0.25) is 5.91 Å². The Balaban J connectivity index is 0.00000363. The van der Waals surface area contributed by atoms with E-state index in [4.69, 9.17) is 4.74 Å². The van der Waals surface area contributed by atoms with Gasteiger partial charge in [-0.25, -0.2) is 0 Å². The molecule has 0 radical (unpaired) electrons. The molecule has 0 saturated carbocycles. The highest BCUT2D eigenvalue weighted by molar-refractivity contribution is 14.0. The Labute approximate surface area is 208 Å². The van der Waals surface area contributed by atoms with Crippen molar-refractivity contribution in [3.05, 3.63) is 54.1 Å². The number of nitrogens with zero attached hydrogens (tertiary/aromatic N) is 2. The second-order valence-corrected chi connectivity index (χ2v) is 8.01. The van der Waals surface area contributed by atoms with Crippen molar-refractivity contribution in [2.24, 2.45) is 10.9 Å². The van der Waals surface area contributed by atoms with Crippen molar-refractivity contribution in [2.75, 3.05) is 37.5 Å². The van der Waals surface area contributed by atoms with Crippen LogP contribution in [0.3, 0.4) is 0 Å². The molecular weight excluding hydrogens is 517 g/mol. The van der Waals surface area contributed by atoms with Crippen molar-refractivity contribution in [1.29, 1.82) is 0 Å². The Morgan fingerprint density at radius 1 is 1.19 bits per heavy atom. The van der Waals surface area contributed by atoms with Gasteiger partial charge in [-0.05, 0) is 36.2 Å². The maximum Gasteiger partial charge on any atom is 0.226 e. The van der Waals surface area contributed by atoms with E-state index in [0.717, 1.165) is 48.2 Å². The van der Waals surface area contributed by atoms with Gasteiger partial charge in [0.25, 0.3) is 0 Å². The molecule has 1 aliphatic heterocycles. The standard InChI is InChI=1S/C24H33N5O2.HI/c1-17(2)23(30)27-19-11-9-18(10-12-19)15-26-24(25-3)28-20-13-14-29(16-20)21-7-5-6-8-22(21)31-4;/h5-12,17,20H,13-16H2,1-4H3,(H,27,30)(H2,25,26,28);1H. The van der Waals surface area contributed by atoms with E-state index in [1.165, 1.54) is 0 Å². The number of anilines is 2. The molecular formula is C24H34IN5O2. The summed E-state index contributed by atoms with van der Waals surface area (Å²) in [6.45, 7) is 6.28. The van der Waals surface area contributed by atoms with Gasteiger partial charge in [-0.1, -0.05) is 38.1 Å². The first-order valence-corrected chi connectivity index (χ1v) is 10.7. The van der Waals surface area contributed by atoms with Crippen LogP contribution in [-0.2, 0) is 11.3 Å². The first kappa shape index (κ1) is 25.8. The first-order chi connectivity index (χ1) is 15.0. The molecule has 1 fully saturated rings. The quantitative estimate of drug-likeness (QED) is 0.277. The van der Waals surface area contributed by atoms with Crippen LogP contribution >= 0.6 is 24.0 Å². The number of carbonyl (C=O) groups is 1. The minimum atomic E-state index is -0.0368. The number of para-hydroxylation sites is 2. The Morgan fingerprint density at radius 3 is 2.56 bits per heavy atom. The summed E-state index contributed by atoms with van der Waals surface area (Å²) in [7, 11) is 3.49. The molecule has 3 rings (SSSR count). The average Bonchev–Trinajstić information content (AvgIpc) is 3.25. The second-order valence-electron chi connectivity index (χ2n) is 8.01. The van der Waals surface area contributed by atoms with Crippen LogP contribution in [0, 0.1) is 5.92 Å². The number of ether oxygens (including phenoxy) is 1. The minimum absolute atomic E-state index is 0. The smallest absolute Gasteiger partial charge is 0.226 e. The van der Waals surface area contributed by atoms with Crippen LogP contribution < -0.4 is 25.6 Å². The van der Waals surface area contributed by atoms with E-state index in [1.54, 1.807) is 14.2 Å². The van der Waals surface area contributed by atoms with E-state index in [-0.39, 0.29) is 35.8 Å². The zero-order chi connectivity index (χ0) is 22.2. The monoisotopic (exact) mass is 551 g/mol. The minimum Gasteiger partial charge on any atom is -0.495 e. The molecule has 1 unspecified atom stereocenters. The molecule has 0 spiro atoms. The lowest BCUT2D eigenvalue weighted by Gasteiger charge is -2.22. The normalized spacial score (nSPS) is 15.8. The number of nitrogens with one attached hydrogen (secondary N) is 3. The molecule has 0 bridgehead atoms. The van der Waals surface area contributed by atoms with Crippen LogP contribution in [0.1, 0.15) is 25.8 Å². The summed E-state index contributed by atoms with van der Waals surface area (Å²) in [4.78, 5) is 18.5. The van der Waals surface area contributed by atoms with Gasteiger partial charge < -0.3 is 25.6 Å². The van der Waals surface area contributed by atoms with Crippen molar-refractivity contribution in [3.8, 4) is 5.75 Å². The summed E-state index contributed by atoms with van der Waals surface area (Å²) in [6.07, 6.45) is 1.03. The second kappa shape index (κ2) is 12.5. The van der Waals surface area contributed by atoms with Crippen LogP contribution in [-0.4, -0.2) is 45.2 Å². The summed E-state index contributed by atoms with van der Waals surface area (Å²) in [5.74, 6) is 1.67. The number of aliphatic imine (C=N–C) groups is 1. The molecule has 1 saturated heterocycles. The Kier molecular flexibility index (Phi) is 10.1. The third-order valence-corrected chi connectivity index (χ3v) is 5.38. The maximum atomic E-state index is 11.8. The molecule has 2 aromatic carbocycles. The number of carbonyl (C=O) groups excluding carboxylic acids is 1. The molecule has 7 nitrogen and oxygen atoms in total. The summed E-state index contributed by atoms with van der Waals surface area (Å²) in [5, 5.41) is 9.81. The number of methoxy groups -OCH3 is 1. The number of guanidine groups is 1. The molecule has 1 heterocycles. The summed E-state index contributed by atoms with van der Waals surface area (Å²) in [5.41, 5.74) is 3.06. The number of halogens is 1. The molecule has 0 aromatic heterocycles. The van der Waals surface area contributed by atoms with Gasteiger partial charge in [0.15, 0.2) is 5.96 Å². The van der Waals surface area contributed by atoms with E-state index in [1.807, 2.05) is 56.3 Å². The van der Waals surface area contributed by atoms with Gasteiger partial charge in [0, 0.05) is 44.3 Å². The van der Waals surface area contributed by atoms with Crippen molar-refractivity contribution in [3.63, 3.8) is 0 Å². The fourth-order valence-electron chi connectivity index (χ4n) is 3.55. The number of amides is 1. The SMILES string of the molecule is CN=C(NCc1ccc(NC(=O)C(C)C)cc1)NC1CCN(c2ccccc2OC)C1.I. The summed E-state index contributed by atoms with van der Waals surface area (Å²) >= 11 is 0. The molecule has 1 atom stereocenters. The van der Waals surface area contributed by atoms with Gasteiger partial charge in [0.05, 0.1) is 12.8 Å². The third-order valence-electron chi connectivity index (χ3n) is 5.38. The zero-order valence-electron chi connectivity index (χ0n) is 19.2. The van der Waals surface area contributed by atoms with E-state index < -0.39 is 0 Å². The van der Waals surface area contributed by atoms with E-state index in [2.05, 4.69) is 31.9 Å². The molecule has 8 heteroatoms. The number of hydrogen-bond donors (Lipinski definition) is 3. The number of rotatable bonds is 7. The van der Waals surface area contributed by atoms with Crippen LogP contribution in [0.5, 0.6) is 5.75 Å². The average molecular weight is 551 g/mol. The molecule has 174 valence electrons. The van der Waals surface area contributed by atoms with Gasteiger partial charge in [-0.3, -0.25) is 9.79 Å². The predicted octanol–water partition coefficient (Wildman–Crippen LogP) is 3.85. The molecule has 1 aliphatic rings. The Bertz CT molecular complexity index is 902. The number of benzene rings is 2. The largest absolute Gasteiger partial charge is 0.495 e. The third kappa shape index (κ3) is 7.01. The van der Waals surface area contributed by atoms with Crippen molar-refractivity contribution in [1.82, 2.24) is 10.6 Å². The molecule has 0 aliphatic carbocycles. The lowest BCUT2D eigenvalue weighted by atomic mass is 10.1. The van der Waals surface area contributed by atoms with Crippen LogP contribution in [0.2, 0.25) is 0 Å². The Hall–Kier alpha value is -2.49. The molecule has 2 aromatic rings. The molecule has 32 heavy (non-hydrogen) atoms. The van der Waals surface area contributed by atoms with Gasteiger partial charge in [-0.2, -0.15) is 0 Å². The Morgan fingerprint density at radius 2 is 1.91 bits per heavy atom. The molecule has 1 amide bonds. The van der Waals surface area contributed by atoms with Crippen molar-refractivity contribution < 1.29 is 9.53 Å². The lowest BCUT2D eigenvalue weighted by Crippen LogP contribution is -2.44. The highest BCUT2D eigenvalue weighted by Gasteiger charge is 2.25. The van der Waals surface area contributed by atoms with Gasteiger partial charge in [0.1, 0.15) is 5.75 Å². The maximum absolute atomic E-state index is 11.8. The van der Waals surface area contributed by atoms with E-state index in [9.17, 15) is 4.79 Å². The topological polar surface area (TPSA) is 78.0 Å². The lowest BCUT2D eigenvalue weighted by molar-refractivity contribution is -0.118. The number of hydrogen-bond acceptors (Lipinski definition) is 4. The van der Waals surface area contributed by atoms with Crippen LogP contribution in [0.4, 0.5) is 11.4 Å². The van der Waals surface area contributed by atoms with Gasteiger partial charge >= 0.3 is 0 Å².